The monoisotopic (exact) mass is 346 g/mol. The van der Waals surface area contributed by atoms with Crippen molar-refractivity contribution in [1.82, 2.24) is 14.9 Å². The van der Waals surface area contributed by atoms with Crippen molar-refractivity contribution in [2.45, 2.75) is 20.3 Å². The van der Waals surface area contributed by atoms with Gasteiger partial charge in [-0.3, -0.25) is 4.99 Å². The summed E-state index contributed by atoms with van der Waals surface area (Å²) in [4.78, 5) is 5.41. The number of guanidine groups is 1. The predicted molar refractivity (Wildman–Crippen MR) is 94.1 cm³/mol. The first kappa shape index (κ1) is 18.9. The summed E-state index contributed by atoms with van der Waals surface area (Å²) in [5.41, 5.74) is 0. The number of thiophene rings is 1. The van der Waals surface area contributed by atoms with E-state index in [1.807, 2.05) is 19.9 Å². The van der Waals surface area contributed by atoms with Crippen LogP contribution in [-0.4, -0.2) is 57.7 Å². The van der Waals surface area contributed by atoms with Crippen LogP contribution in [0.3, 0.4) is 0 Å². The van der Waals surface area contributed by atoms with Gasteiger partial charge in [-0.05, 0) is 17.9 Å². The highest BCUT2D eigenvalue weighted by molar-refractivity contribution is 7.89. The minimum absolute atomic E-state index is 0.0697. The fraction of sp³-hybridized carbons (Fsp3) is 0.643. The van der Waals surface area contributed by atoms with Gasteiger partial charge in [-0.2, -0.15) is 0 Å². The Balaban J connectivity index is 2.32. The molecule has 1 aromatic heterocycles. The second kappa shape index (κ2) is 9.81. The number of hydrogen-bond donors (Lipinski definition) is 2. The minimum atomic E-state index is -3.19. The Labute approximate surface area is 137 Å². The van der Waals surface area contributed by atoms with Crippen LogP contribution in [0.5, 0.6) is 0 Å². The van der Waals surface area contributed by atoms with Gasteiger partial charge in [0.2, 0.25) is 10.0 Å². The molecular weight excluding hydrogens is 320 g/mol. The van der Waals surface area contributed by atoms with Crippen LogP contribution < -0.4 is 10.6 Å². The zero-order valence-electron chi connectivity index (χ0n) is 13.5. The quantitative estimate of drug-likeness (QED) is 0.519. The molecule has 0 radical (unpaired) electrons. The molecule has 0 unspecified atom stereocenters. The molecule has 0 atom stereocenters. The molecule has 126 valence electrons. The summed E-state index contributed by atoms with van der Waals surface area (Å²) in [6, 6.07) is 4.13. The Morgan fingerprint density at radius 2 is 1.95 bits per heavy atom. The van der Waals surface area contributed by atoms with Crippen LogP contribution in [0.4, 0.5) is 0 Å². The number of hydrogen-bond acceptors (Lipinski definition) is 4. The Hall–Kier alpha value is -1.12. The van der Waals surface area contributed by atoms with E-state index in [0.29, 0.717) is 25.6 Å². The summed E-state index contributed by atoms with van der Waals surface area (Å²) in [7, 11) is -1.51. The molecule has 22 heavy (non-hydrogen) atoms. The molecule has 0 aliphatic heterocycles. The van der Waals surface area contributed by atoms with Crippen molar-refractivity contribution in [2.24, 2.45) is 4.99 Å². The summed E-state index contributed by atoms with van der Waals surface area (Å²) in [6.07, 6.45) is 0.927. The third-order valence-electron chi connectivity index (χ3n) is 3.22. The summed E-state index contributed by atoms with van der Waals surface area (Å²) in [5.74, 6) is 0.701. The summed E-state index contributed by atoms with van der Waals surface area (Å²) in [6.45, 7) is 5.82. The molecule has 0 aliphatic rings. The Morgan fingerprint density at radius 3 is 2.50 bits per heavy atom. The highest BCUT2D eigenvalue weighted by atomic mass is 32.2. The van der Waals surface area contributed by atoms with Gasteiger partial charge in [-0.25, -0.2) is 12.7 Å². The average molecular weight is 347 g/mol. The second-order valence-corrected chi connectivity index (χ2v) is 7.78. The minimum Gasteiger partial charge on any atom is -0.356 e. The van der Waals surface area contributed by atoms with Gasteiger partial charge < -0.3 is 10.6 Å². The fourth-order valence-corrected chi connectivity index (χ4v) is 4.14. The van der Waals surface area contributed by atoms with Gasteiger partial charge >= 0.3 is 0 Å². The van der Waals surface area contributed by atoms with Gasteiger partial charge in [0.1, 0.15) is 0 Å². The molecule has 0 spiro atoms. The van der Waals surface area contributed by atoms with Crippen molar-refractivity contribution in [2.75, 3.05) is 39.0 Å². The molecule has 0 fully saturated rings. The summed E-state index contributed by atoms with van der Waals surface area (Å²) in [5, 5.41) is 8.29. The van der Waals surface area contributed by atoms with Crippen molar-refractivity contribution in [3.8, 4) is 0 Å². The summed E-state index contributed by atoms with van der Waals surface area (Å²) >= 11 is 1.73. The van der Waals surface area contributed by atoms with E-state index in [0.717, 1.165) is 13.0 Å². The molecule has 2 N–H and O–H groups in total. The van der Waals surface area contributed by atoms with E-state index in [9.17, 15) is 8.42 Å². The predicted octanol–water partition coefficient (Wildman–Crippen LogP) is 1.13. The van der Waals surface area contributed by atoms with Gasteiger partial charge in [-0.15, -0.1) is 11.3 Å². The van der Waals surface area contributed by atoms with E-state index in [-0.39, 0.29) is 5.75 Å². The lowest BCUT2D eigenvalue weighted by atomic mass is 10.3. The van der Waals surface area contributed by atoms with Gasteiger partial charge in [-0.1, -0.05) is 19.9 Å². The van der Waals surface area contributed by atoms with Crippen LogP contribution in [0.1, 0.15) is 18.7 Å². The van der Waals surface area contributed by atoms with Crippen molar-refractivity contribution >= 4 is 27.3 Å². The van der Waals surface area contributed by atoms with Crippen LogP contribution in [0, 0.1) is 0 Å². The fourth-order valence-electron chi connectivity index (χ4n) is 2.02. The molecule has 8 heteroatoms. The highest BCUT2D eigenvalue weighted by Gasteiger charge is 2.18. The Kier molecular flexibility index (Phi) is 8.44. The maximum atomic E-state index is 12.1. The molecule has 1 rings (SSSR count). The van der Waals surface area contributed by atoms with E-state index < -0.39 is 10.0 Å². The van der Waals surface area contributed by atoms with Crippen molar-refractivity contribution in [1.29, 1.82) is 0 Å². The normalized spacial score (nSPS) is 12.6. The highest BCUT2D eigenvalue weighted by Crippen LogP contribution is 2.07. The molecule has 0 aromatic carbocycles. The number of sulfonamides is 1. The Bertz CT molecular complexity index is 537. The topological polar surface area (TPSA) is 73.8 Å². The summed E-state index contributed by atoms with van der Waals surface area (Å²) < 4.78 is 25.6. The number of rotatable bonds is 9. The standard InChI is InChI=1S/C14H26N4O2S2/c1-4-18(5-2)22(19,20)12-10-17-14(15-3)16-9-8-13-7-6-11-21-13/h6-7,11H,4-5,8-10,12H2,1-3H3,(H2,15,16,17). The van der Waals surface area contributed by atoms with Crippen LogP contribution in [0.25, 0.3) is 0 Å². The number of aliphatic imine (C=N–C) groups is 1. The smallest absolute Gasteiger partial charge is 0.215 e. The van der Waals surface area contributed by atoms with Crippen molar-refractivity contribution in [3.63, 3.8) is 0 Å². The SMILES string of the molecule is CCN(CC)S(=O)(=O)CCNC(=NC)NCCc1cccs1. The van der Waals surface area contributed by atoms with E-state index in [4.69, 9.17) is 0 Å². The molecule has 0 saturated carbocycles. The van der Waals surface area contributed by atoms with E-state index in [1.165, 1.54) is 9.18 Å². The first-order valence-corrected chi connectivity index (χ1v) is 9.97. The number of nitrogens with zero attached hydrogens (tertiary/aromatic N) is 2. The van der Waals surface area contributed by atoms with Gasteiger partial charge in [0.05, 0.1) is 5.75 Å². The average Bonchev–Trinajstić information content (AvgIpc) is 2.99. The van der Waals surface area contributed by atoms with Gasteiger partial charge in [0.15, 0.2) is 5.96 Å². The molecular formula is C14H26N4O2S2. The first-order chi connectivity index (χ1) is 10.5. The second-order valence-electron chi connectivity index (χ2n) is 4.66. The Morgan fingerprint density at radius 1 is 1.27 bits per heavy atom. The molecule has 0 saturated heterocycles. The maximum absolute atomic E-state index is 12.1. The lowest BCUT2D eigenvalue weighted by molar-refractivity contribution is 0.445. The molecule has 0 bridgehead atoms. The molecule has 0 aliphatic carbocycles. The maximum Gasteiger partial charge on any atom is 0.215 e. The van der Waals surface area contributed by atoms with E-state index in [2.05, 4.69) is 27.1 Å². The van der Waals surface area contributed by atoms with Gasteiger partial charge in [0.25, 0.3) is 0 Å². The third-order valence-corrected chi connectivity index (χ3v) is 6.18. The van der Waals surface area contributed by atoms with Gasteiger partial charge in [0, 0.05) is 38.1 Å². The lowest BCUT2D eigenvalue weighted by Crippen LogP contribution is -2.42. The zero-order chi connectivity index (χ0) is 16.4. The lowest BCUT2D eigenvalue weighted by Gasteiger charge is -2.19. The largest absolute Gasteiger partial charge is 0.356 e. The van der Waals surface area contributed by atoms with Crippen LogP contribution in [0.2, 0.25) is 0 Å². The van der Waals surface area contributed by atoms with Crippen LogP contribution in [-0.2, 0) is 16.4 Å². The molecule has 0 amide bonds. The first-order valence-electron chi connectivity index (χ1n) is 7.48. The molecule has 1 heterocycles. The third kappa shape index (κ3) is 6.33. The van der Waals surface area contributed by atoms with E-state index in [1.54, 1.807) is 18.4 Å². The van der Waals surface area contributed by atoms with Crippen LogP contribution >= 0.6 is 11.3 Å². The zero-order valence-corrected chi connectivity index (χ0v) is 15.1. The van der Waals surface area contributed by atoms with Crippen molar-refractivity contribution in [3.05, 3.63) is 22.4 Å². The van der Waals surface area contributed by atoms with E-state index >= 15 is 0 Å². The molecule has 1 aromatic rings. The van der Waals surface area contributed by atoms with Crippen LogP contribution in [0.15, 0.2) is 22.5 Å². The number of nitrogens with one attached hydrogen (secondary N) is 2. The van der Waals surface area contributed by atoms with Crippen molar-refractivity contribution < 1.29 is 8.42 Å². The molecule has 6 nitrogen and oxygen atoms in total.